The first-order valence-electron chi connectivity index (χ1n) is 12.4. The molecule has 0 saturated carbocycles. The Balaban J connectivity index is 1.76. The average Bonchev–Trinajstić information content (AvgIpc) is 3.39. The van der Waals surface area contributed by atoms with Crippen LogP contribution < -0.4 is 14.8 Å². The maximum Gasteiger partial charge on any atom is 0.322 e. The number of furan rings is 1. The molecule has 0 aliphatic heterocycles. The summed E-state index contributed by atoms with van der Waals surface area (Å²) in [5.41, 5.74) is 3.71. The molecule has 0 fully saturated rings. The third kappa shape index (κ3) is 7.29. The summed E-state index contributed by atoms with van der Waals surface area (Å²) >= 11 is 0. The number of hydrogen-bond acceptors (Lipinski definition) is 5. The number of nitrogens with zero attached hydrogens (tertiary/aromatic N) is 2. The molecule has 0 spiro atoms. The molecule has 0 bridgehead atoms. The molecule has 0 aliphatic carbocycles. The van der Waals surface area contributed by atoms with Crippen LogP contribution in [0.15, 0.2) is 59.2 Å². The lowest BCUT2D eigenvalue weighted by molar-refractivity contribution is -0.133. The van der Waals surface area contributed by atoms with Crippen LogP contribution in [0.5, 0.6) is 11.5 Å². The fourth-order valence-electron chi connectivity index (χ4n) is 4.11. The van der Waals surface area contributed by atoms with Crippen LogP contribution in [0.1, 0.15) is 36.3 Å². The van der Waals surface area contributed by atoms with Gasteiger partial charge in [-0.05, 0) is 75.1 Å². The molecule has 0 aliphatic rings. The largest absolute Gasteiger partial charge is 0.493 e. The number of rotatable bonds is 11. The van der Waals surface area contributed by atoms with E-state index in [4.69, 9.17) is 13.9 Å². The minimum Gasteiger partial charge on any atom is -0.493 e. The topological polar surface area (TPSA) is 84.2 Å². The molecule has 0 saturated heterocycles. The van der Waals surface area contributed by atoms with Gasteiger partial charge >= 0.3 is 6.03 Å². The van der Waals surface area contributed by atoms with E-state index in [0.29, 0.717) is 36.8 Å². The number of aryl methyl sites for hydroxylation is 2. The summed E-state index contributed by atoms with van der Waals surface area (Å²) in [5.74, 6) is 1.80. The lowest BCUT2D eigenvalue weighted by Gasteiger charge is -2.30. The molecule has 3 rings (SSSR count). The molecule has 198 valence electrons. The Morgan fingerprint density at radius 3 is 2.27 bits per heavy atom. The third-order valence-corrected chi connectivity index (χ3v) is 6.30. The van der Waals surface area contributed by atoms with Crippen LogP contribution in [0.4, 0.5) is 10.5 Å². The van der Waals surface area contributed by atoms with Crippen molar-refractivity contribution in [3.05, 3.63) is 77.2 Å². The quantitative estimate of drug-likeness (QED) is 0.374. The normalized spacial score (nSPS) is 10.8. The molecule has 3 aromatic rings. The maximum absolute atomic E-state index is 13.5. The molecular formula is C29H37N3O5. The predicted octanol–water partition coefficient (Wildman–Crippen LogP) is 5.43. The second-order valence-electron chi connectivity index (χ2n) is 9.25. The second kappa shape index (κ2) is 12.9. The van der Waals surface area contributed by atoms with Crippen molar-refractivity contribution < 1.29 is 23.5 Å². The molecule has 8 heteroatoms. The molecule has 0 radical (unpaired) electrons. The smallest absolute Gasteiger partial charge is 0.322 e. The van der Waals surface area contributed by atoms with Gasteiger partial charge in [-0.25, -0.2) is 4.79 Å². The second-order valence-corrected chi connectivity index (χ2v) is 9.25. The van der Waals surface area contributed by atoms with Gasteiger partial charge in [-0.2, -0.15) is 0 Å². The van der Waals surface area contributed by atoms with Crippen LogP contribution in [0.2, 0.25) is 0 Å². The average molecular weight is 508 g/mol. The summed E-state index contributed by atoms with van der Waals surface area (Å²) in [6.07, 6.45) is 2.19. The van der Waals surface area contributed by atoms with Gasteiger partial charge in [-0.15, -0.1) is 0 Å². The van der Waals surface area contributed by atoms with Crippen LogP contribution in [0, 0.1) is 13.8 Å². The van der Waals surface area contributed by atoms with Gasteiger partial charge in [0.25, 0.3) is 0 Å². The number of nitrogens with one attached hydrogen (secondary N) is 1. The zero-order valence-electron chi connectivity index (χ0n) is 22.5. The molecule has 2 aromatic carbocycles. The summed E-state index contributed by atoms with van der Waals surface area (Å²) in [6.45, 7) is 8.40. The zero-order chi connectivity index (χ0) is 26.9. The first-order valence-corrected chi connectivity index (χ1v) is 12.4. The number of amides is 3. The van der Waals surface area contributed by atoms with Crippen LogP contribution in [0.25, 0.3) is 0 Å². The fraction of sp³-hybridized carbons (Fsp3) is 0.379. The van der Waals surface area contributed by atoms with E-state index in [9.17, 15) is 9.59 Å². The maximum atomic E-state index is 13.5. The lowest BCUT2D eigenvalue weighted by atomic mass is 10.1. The van der Waals surface area contributed by atoms with Gasteiger partial charge in [0.2, 0.25) is 5.91 Å². The number of para-hydroxylation sites is 1. The van der Waals surface area contributed by atoms with E-state index in [0.717, 1.165) is 22.4 Å². The highest BCUT2D eigenvalue weighted by molar-refractivity contribution is 5.93. The molecule has 37 heavy (non-hydrogen) atoms. The first-order chi connectivity index (χ1) is 17.7. The van der Waals surface area contributed by atoms with E-state index in [1.807, 2.05) is 70.2 Å². The van der Waals surface area contributed by atoms with Crippen LogP contribution >= 0.6 is 0 Å². The van der Waals surface area contributed by atoms with E-state index < -0.39 is 0 Å². The summed E-state index contributed by atoms with van der Waals surface area (Å²) in [6, 6.07) is 14.7. The van der Waals surface area contributed by atoms with Crippen molar-refractivity contribution in [1.82, 2.24) is 9.80 Å². The van der Waals surface area contributed by atoms with Gasteiger partial charge in [0.05, 0.1) is 27.0 Å². The summed E-state index contributed by atoms with van der Waals surface area (Å²) < 4.78 is 16.3. The molecule has 0 unspecified atom stereocenters. The van der Waals surface area contributed by atoms with Crippen molar-refractivity contribution in [2.45, 2.75) is 46.7 Å². The SMILES string of the molecule is COc1ccc(CCN(Cc2ccco2)C(=O)CN(C(=O)Nc2c(C)cccc2C)C(C)C)cc1OC. The van der Waals surface area contributed by atoms with Crippen molar-refractivity contribution in [3.63, 3.8) is 0 Å². The van der Waals surface area contributed by atoms with Gasteiger partial charge in [0.1, 0.15) is 12.3 Å². The summed E-state index contributed by atoms with van der Waals surface area (Å²) in [7, 11) is 3.19. The molecule has 1 heterocycles. The number of ether oxygens (including phenoxy) is 2. The van der Waals surface area contributed by atoms with Crippen molar-refractivity contribution in [3.8, 4) is 11.5 Å². The van der Waals surface area contributed by atoms with E-state index in [2.05, 4.69) is 5.32 Å². The highest BCUT2D eigenvalue weighted by Crippen LogP contribution is 2.28. The number of methoxy groups -OCH3 is 2. The molecule has 1 aromatic heterocycles. The fourth-order valence-corrected chi connectivity index (χ4v) is 4.11. The first kappa shape index (κ1) is 27.6. The van der Waals surface area contributed by atoms with Crippen molar-refractivity contribution in [2.24, 2.45) is 0 Å². The Morgan fingerprint density at radius 2 is 1.68 bits per heavy atom. The molecule has 0 atom stereocenters. The van der Waals surface area contributed by atoms with Crippen LogP contribution in [-0.4, -0.2) is 55.1 Å². The van der Waals surface area contributed by atoms with Gasteiger partial charge in [0, 0.05) is 18.3 Å². The molecule has 8 nitrogen and oxygen atoms in total. The lowest BCUT2D eigenvalue weighted by Crippen LogP contribution is -2.47. The van der Waals surface area contributed by atoms with Crippen molar-refractivity contribution in [1.29, 1.82) is 0 Å². The number of hydrogen-bond donors (Lipinski definition) is 1. The predicted molar refractivity (Wildman–Crippen MR) is 144 cm³/mol. The summed E-state index contributed by atoms with van der Waals surface area (Å²) in [5, 5.41) is 3.00. The summed E-state index contributed by atoms with van der Waals surface area (Å²) in [4.78, 5) is 30.1. The van der Waals surface area contributed by atoms with Gasteiger partial charge in [-0.3, -0.25) is 4.79 Å². The van der Waals surface area contributed by atoms with E-state index in [1.54, 1.807) is 36.3 Å². The van der Waals surface area contributed by atoms with Crippen LogP contribution in [-0.2, 0) is 17.8 Å². The Labute approximate surface area is 219 Å². The number of carbonyl (C=O) groups excluding carboxylic acids is 2. The monoisotopic (exact) mass is 507 g/mol. The van der Waals surface area contributed by atoms with Gasteiger partial charge < -0.3 is 29.0 Å². The highest BCUT2D eigenvalue weighted by Gasteiger charge is 2.25. The Hall–Kier alpha value is -3.94. The highest BCUT2D eigenvalue weighted by atomic mass is 16.5. The van der Waals surface area contributed by atoms with E-state index in [-0.39, 0.29) is 24.5 Å². The minimum absolute atomic E-state index is 0.0545. The Morgan fingerprint density at radius 1 is 0.973 bits per heavy atom. The van der Waals surface area contributed by atoms with Crippen molar-refractivity contribution >= 4 is 17.6 Å². The Kier molecular flexibility index (Phi) is 9.60. The van der Waals surface area contributed by atoms with Crippen LogP contribution in [0.3, 0.4) is 0 Å². The standard InChI is InChI=1S/C29H37N3O5/c1-20(2)32(29(34)30-28-21(3)9-7-10-22(28)4)19-27(33)31(18-24-11-8-16-37-24)15-14-23-12-13-25(35-5)26(17-23)36-6/h7-13,16-17,20H,14-15,18-19H2,1-6H3,(H,30,34). The number of benzene rings is 2. The van der Waals surface area contributed by atoms with E-state index >= 15 is 0 Å². The minimum atomic E-state index is -0.307. The molecule has 1 N–H and O–H groups in total. The zero-order valence-corrected chi connectivity index (χ0v) is 22.5. The molecule has 3 amide bonds. The Bertz CT molecular complexity index is 1170. The van der Waals surface area contributed by atoms with E-state index in [1.165, 1.54) is 0 Å². The number of carbonyl (C=O) groups is 2. The third-order valence-electron chi connectivity index (χ3n) is 6.30. The number of urea groups is 1. The van der Waals surface area contributed by atoms with Crippen molar-refractivity contribution in [2.75, 3.05) is 32.6 Å². The van der Waals surface area contributed by atoms with Gasteiger partial charge in [-0.1, -0.05) is 24.3 Å². The number of anilines is 1. The molecular weight excluding hydrogens is 470 g/mol. The van der Waals surface area contributed by atoms with Gasteiger partial charge in [0.15, 0.2) is 11.5 Å².